The number of aryl methyl sites for hydroxylation is 1. The van der Waals surface area contributed by atoms with Crippen molar-refractivity contribution in [3.8, 4) is 11.5 Å². The lowest BCUT2D eigenvalue weighted by atomic mass is 9.96. The van der Waals surface area contributed by atoms with E-state index >= 15 is 0 Å². The maximum Gasteiger partial charge on any atom is 0.271 e. The van der Waals surface area contributed by atoms with Crippen molar-refractivity contribution in [1.29, 1.82) is 0 Å². The number of ether oxygens (including phenoxy) is 2. The zero-order chi connectivity index (χ0) is 22.7. The van der Waals surface area contributed by atoms with Crippen molar-refractivity contribution >= 4 is 11.8 Å². The molecule has 2 unspecified atom stereocenters. The monoisotopic (exact) mass is 438 g/mol. The van der Waals surface area contributed by atoms with E-state index < -0.39 is 0 Å². The smallest absolute Gasteiger partial charge is 0.271 e. The van der Waals surface area contributed by atoms with Gasteiger partial charge in [0.1, 0.15) is 5.69 Å². The summed E-state index contributed by atoms with van der Waals surface area (Å²) in [6, 6.07) is 5.63. The third-order valence-corrected chi connectivity index (χ3v) is 6.11. The number of carbonyl (C=O) groups excluding carboxylic acids is 2. The summed E-state index contributed by atoms with van der Waals surface area (Å²) in [6.07, 6.45) is 6.46. The molecule has 8 nitrogen and oxygen atoms in total. The third-order valence-electron chi connectivity index (χ3n) is 6.11. The molecule has 2 saturated heterocycles. The molecule has 32 heavy (non-hydrogen) atoms. The summed E-state index contributed by atoms with van der Waals surface area (Å²) in [4.78, 5) is 36.3. The topological polar surface area (TPSA) is 93.7 Å². The molecule has 8 heteroatoms. The van der Waals surface area contributed by atoms with E-state index in [1.807, 2.05) is 25.7 Å². The molecule has 2 amide bonds. The van der Waals surface area contributed by atoms with E-state index in [-0.39, 0.29) is 29.9 Å². The summed E-state index contributed by atoms with van der Waals surface area (Å²) in [6.45, 7) is 6.69. The fourth-order valence-electron chi connectivity index (χ4n) is 4.73. The molecule has 2 fully saturated rings. The van der Waals surface area contributed by atoms with Gasteiger partial charge in [0.15, 0.2) is 11.5 Å². The van der Waals surface area contributed by atoms with Gasteiger partial charge in [-0.25, -0.2) is 4.98 Å². The molecule has 1 aromatic carbocycles. The third kappa shape index (κ3) is 4.54. The molecule has 3 heterocycles. The van der Waals surface area contributed by atoms with Gasteiger partial charge in [0, 0.05) is 29.9 Å². The molecule has 0 radical (unpaired) electrons. The Hall–Kier alpha value is -3.16. The molecule has 4 rings (SSSR count). The number of hydrogen-bond acceptors (Lipinski definition) is 6. The molecule has 0 saturated carbocycles. The SMILES string of the molecule is CCOc1ccc(C(=O)N2C3CCC2CC(NC(=O)c2cnc(C)cn2)C3)cc1OCC. The van der Waals surface area contributed by atoms with Crippen LogP contribution < -0.4 is 14.8 Å². The summed E-state index contributed by atoms with van der Waals surface area (Å²) in [7, 11) is 0. The summed E-state index contributed by atoms with van der Waals surface area (Å²) in [5.41, 5.74) is 1.69. The number of amides is 2. The number of aromatic nitrogens is 2. The molecule has 2 atom stereocenters. The van der Waals surface area contributed by atoms with Crippen LogP contribution in [0.25, 0.3) is 0 Å². The maximum absolute atomic E-state index is 13.4. The first-order valence-electron chi connectivity index (χ1n) is 11.3. The number of benzene rings is 1. The standard InChI is InChI=1S/C24H30N4O4/c1-4-31-21-9-6-16(10-22(21)32-5-2)24(30)28-18-7-8-19(28)12-17(11-18)27-23(29)20-14-25-15(3)13-26-20/h6,9-10,13-14,17-19H,4-5,7-8,11-12H2,1-3H3,(H,27,29). The van der Waals surface area contributed by atoms with E-state index in [9.17, 15) is 9.59 Å². The molecule has 1 N–H and O–H groups in total. The second kappa shape index (κ2) is 9.54. The average Bonchev–Trinajstić information content (AvgIpc) is 3.05. The van der Waals surface area contributed by atoms with E-state index in [4.69, 9.17) is 9.47 Å². The Labute approximate surface area is 188 Å². The van der Waals surface area contributed by atoms with Crippen LogP contribution in [-0.2, 0) is 0 Å². The number of rotatable bonds is 7. The zero-order valence-electron chi connectivity index (χ0n) is 18.8. The number of fused-ring (bicyclic) bond motifs is 2. The lowest BCUT2D eigenvalue weighted by Gasteiger charge is -2.39. The van der Waals surface area contributed by atoms with Crippen molar-refractivity contribution in [2.75, 3.05) is 13.2 Å². The predicted octanol–water partition coefficient (Wildman–Crippen LogP) is 3.15. The van der Waals surface area contributed by atoms with Gasteiger partial charge in [0.05, 0.1) is 25.1 Å². The molecule has 0 spiro atoms. The Balaban J connectivity index is 1.44. The fraction of sp³-hybridized carbons (Fsp3) is 0.500. The number of piperidine rings is 1. The van der Waals surface area contributed by atoms with Crippen LogP contribution in [0.3, 0.4) is 0 Å². The Bertz CT molecular complexity index is 964. The van der Waals surface area contributed by atoms with E-state index in [1.54, 1.807) is 24.4 Å². The molecule has 170 valence electrons. The lowest BCUT2D eigenvalue weighted by Crippen LogP contribution is -2.52. The molecule has 1 aromatic heterocycles. The maximum atomic E-state index is 13.4. The van der Waals surface area contributed by atoms with Gasteiger partial charge in [0.2, 0.25) is 0 Å². The molecule has 2 aliphatic rings. The number of hydrogen-bond donors (Lipinski definition) is 1. The minimum absolute atomic E-state index is 0.00989. The fourth-order valence-corrected chi connectivity index (χ4v) is 4.73. The van der Waals surface area contributed by atoms with Crippen LogP contribution in [0.4, 0.5) is 0 Å². The molecule has 2 aliphatic heterocycles. The van der Waals surface area contributed by atoms with Crippen LogP contribution in [0.1, 0.15) is 66.1 Å². The first-order chi connectivity index (χ1) is 15.5. The minimum Gasteiger partial charge on any atom is -0.490 e. The highest BCUT2D eigenvalue weighted by Crippen LogP contribution is 2.38. The second-order valence-corrected chi connectivity index (χ2v) is 8.31. The van der Waals surface area contributed by atoms with Gasteiger partial charge in [-0.2, -0.15) is 0 Å². The number of carbonyl (C=O) groups is 2. The van der Waals surface area contributed by atoms with Crippen molar-refractivity contribution in [1.82, 2.24) is 20.2 Å². The largest absolute Gasteiger partial charge is 0.490 e. The van der Waals surface area contributed by atoms with Gasteiger partial charge < -0.3 is 19.7 Å². The van der Waals surface area contributed by atoms with Crippen molar-refractivity contribution < 1.29 is 19.1 Å². The quantitative estimate of drug-likeness (QED) is 0.714. The Morgan fingerprint density at radius 3 is 2.34 bits per heavy atom. The highest BCUT2D eigenvalue weighted by atomic mass is 16.5. The Kier molecular flexibility index (Phi) is 6.58. The molecular weight excluding hydrogens is 408 g/mol. The number of nitrogens with one attached hydrogen (secondary N) is 1. The first kappa shape index (κ1) is 22.0. The predicted molar refractivity (Wildman–Crippen MR) is 119 cm³/mol. The van der Waals surface area contributed by atoms with Crippen LogP contribution in [0.2, 0.25) is 0 Å². The van der Waals surface area contributed by atoms with E-state index in [0.29, 0.717) is 36.0 Å². The van der Waals surface area contributed by atoms with Crippen molar-refractivity contribution in [2.45, 2.75) is 64.6 Å². The van der Waals surface area contributed by atoms with Crippen LogP contribution in [0.5, 0.6) is 11.5 Å². The minimum atomic E-state index is -0.213. The first-order valence-corrected chi connectivity index (χ1v) is 11.3. The molecule has 2 aromatic rings. The summed E-state index contributed by atoms with van der Waals surface area (Å²) in [5.74, 6) is 1.04. The lowest BCUT2D eigenvalue weighted by molar-refractivity contribution is 0.0548. The molecular formula is C24H30N4O4. The summed E-state index contributed by atoms with van der Waals surface area (Å²) < 4.78 is 11.3. The Morgan fingerprint density at radius 1 is 1.03 bits per heavy atom. The van der Waals surface area contributed by atoms with Crippen molar-refractivity contribution in [2.24, 2.45) is 0 Å². The van der Waals surface area contributed by atoms with Crippen LogP contribution in [0, 0.1) is 6.92 Å². The van der Waals surface area contributed by atoms with Gasteiger partial charge in [-0.15, -0.1) is 0 Å². The van der Waals surface area contributed by atoms with Gasteiger partial charge in [0.25, 0.3) is 11.8 Å². The Morgan fingerprint density at radius 2 is 1.72 bits per heavy atom. The summed E-state index contributed by atoms with van der Waals surface area (Å²) >= 11 is 0. The van der Waals surface area contributed by atoms with Crippen molar-refractivity contribution in [3.05, 3.63) is 47.5 Å². The zero-order valence-corrected chi connectivity index (χ0v) is 18.8. The highest BCUT2D eigenvalue weighted by Gasteiger charge is 2.44. The van der Waals surface area contributed by atoms with Crippen LogP contribution >= 0.6 is 0 Å². The van der Waals surface area contributed by atoms with Crippen LogP contribution in [-0.4, -0.2) is 58.0 Å². The number of nitrogens with zero attached hydrogens (tertiary/aromatic N) is 3. The normalized spacial score (nSPS) is 21.8. The van der Waals surface area contributed by atoms with E-state index in [1.165, 1.54) is 6.20 Å². The van der Waals surface area contributed by atoms with Crippen LogP contribution in [0.15, 0.2) is 30.6 Å². The highest BCUT2D eigenvalue weighted by molar-refractivity contribution is 5.96. The van der Waals surface area contributed by atoms with Gasteiger partial charge >= 0.3 is 0 Å². The van der Waals surface area contributed by atoms with E-state index in [2.05, 4.69) is 15.3 Å². The summed E-state index contributed by atoms with van der Waals surface area (Å²) in [5, 5.41) is 3.09. The molecule has 2 bridgehead atoms. The average molecular weight is 439 g/mol. The second-order valence-electron chi connectivity index (χ2n) is 8.31. The van der Waals surface area contributed by atoms with Crippen molar-refractivity contribution in [3.63, 3.8) is 0 Å². The van der Waals surface area contributed by atoms with Gasteiger partial charge in [-0.05, 0) is 64.7 Å². The van der Waals surface area contributed by atoms with E-state index in [0.717, 1.165) is 31.4 Å². The van der Waals surface area contributed by atoms with Gasteiger partial charge in [-0.1, -0.05) is 0 Å². The molecule has 0 aliphatic carbocycles. The van der Waals surface area contributed by atoms with Gasteiger partial charge in [-0.3, -0.25) is 14.6 Å².